The van der Waals surface area contributed by atoms with E-state index in [0.717, 1.165) is 0 Å². The molecule has 0 saturated carbocycles. The van der Waals surface area contributed by atoms with Crippen LogP contribution in [-0.2, 0) is 34.8 Å². The molecule has 2 rings (SSSR count). The molecule has 0 bridgehead atoms. The monoisotopic (exact) mass is 453 g/mol. The second-order valence-electron chi connectivity index (χ2n) is 6.34. The summed E-state index contributed by atoms with van der Waals surface area (Å²) >= 11 is 5.94. The number of hydrogen-bond acceptors (Lipinski definition) is 2. The molecule has 0 aromatic heterocycles. The number of nitrogens with one attached hydrogen (secondary N) is 1. The second-order valence-corrected chi connectivity index (χ2v) is 6.75. The number of carboxylic acid groups (broad SMARTS) is 1. The molecule has 0 heterocycles. The van der Waals surface area contributed by atoms with E-state index in [1.807, 2.05) is 0 Å². The first kappa shape index (κ1) is 23.5. The van der Waals surface area contributed by atoms with Gasteiger partial charge in [-0.25, -0.2) is 4.79 Å². The molecule has 0 aliphatic rings. The Labute approximate surface area is 171 Å². The molecule has 0 unspecified atom stereocenters. The van der Waals surface area contributed by atoms with E-state index in [2.05, 4.69) is 5.32 Å². The molecular weight excluding hydrogens is 440 g/mol. The highest BCUT2D eigenvalue weighted by Gasteiger charge is 2.37. The van der Waals surface area contributed by atoms with Crippen molar-refractivity contribution >= 4 is 23.5 Å². The number of aliphatic carboxylic acids is 1. The van der Waals surface area contributed by atoms with Crippen molar-refractivity contribution in [2.45, 2.75) is 31.2 Å². The Morgan fingerprint density at radius 3 is 1.97 bits per heavy atom. The summed E-state index contributed by atoms with van der Waals surface area (Å²) in [4.78, 5) is 23.6. The minimum Gasteiger partial charge on any atom is -0.480 e. The number of rotatable bonds is 6. The molecule has 4 nitrogen and oxygen atoms in total. The van der Waals surface area contributed by atoms with Gasteiger partial charge in [-0.1, -0.05) is 29.8 Å². The average Bonchev–Trinajstić information content (AvgIpc) is 2.61. The molecule has 0 fully saturated rings. The van der Waals surface area contributed by atoms with Crippen LogP contribution in [0.4, 0.5) is 26.3 Å². The van der Waals surface area contributed by atoms with Crippen LogP contribution in [0, 0.1) is 0 Å². The van der Waals surface area contributed by atoms with E-state index in [1.54, 1.807) is 12.1 Å². The van der Waals surface area contributed by atoms with Gasteiger partial charge in [0.1, 0.15) is 6.04 Å². The van der Waals surface area contributed by atoms with Crippen LogP contribution in [0.25, 0.3) is 0 Å². The highest BCUT2D eigenvalue weighted by Crippen LogP contribution is 2.36. The first-order valence-electron chi connectivity index (χ1n) is 8.31. The lowest BCUT2D eigenvalue weighted by atomic mass is 10.0. The molecule has 162 valence electrons. The maximum atomic E-state index is 12.9. The SMILES string of the molecule is O=C(Cc1cc(C(F)(F)F)cc(C(F)(F)F)c1)N[C@@H](Cc1ccccc1Cl)C(=O)O. The van der Waals surface area contributed by atoms with Crippen molar-refractivity contribution < 1.29 is 41.0 Å². The summed E-state index contributed by atoms with van der Waals surface area (Å²) in [5, 5.41) is 11.6. The predicted molar refractivity (Wildman–Crippen MR) is 94.9 cm³/mol. The van der Waals surface area contributed by atoms with Crippen LogP contribution < -0.4 is 5.32 Å². The maximum absolute atomic E-state index is 12.9. The van der Waals surface area contributed by atoms with Crippen LogP contribution in [0.5, 0.6) is 0 Å². The zero-order chi connectivity index (χ0) is 22.7. The third-order valence-electron chi connectivity index (χ3n) is 4.03. The van der Waals surface area contributed by atoms with Crippen LogP contribution in [0.1, 0.15) is 22.3 Å². The van der Waals surface area contributed by atoms with Crippen LogP contribution in [0.3, 0.4) is 0 Å². The lowest BCUT2D eigenvalue weighted by Gasteiger charge is -2.17. The average molecular weight is 454 g/mol. The van der Waals surface area contributed by atoms with Gasteiger partial charge < -0.3 is 10.4 Å². The molecule has 2 aromatic rings. The number of carboxylic acids is 1. The van der Waals surface area contributed by atoms with Gasteiger partial charge in [-0.3, -0.25) is 4.79 Å². The first-order chi connectivity index (χ1) is 13.8. The topological polar surface area (TPSA) is 66.4 Å². The lowest BCUT2D eigenvalue weighted by Crippen LogP contribution is -2.43. The normalized spacial score (nSPS) is 13.0. The van der Waals surface area contributed by atoms with Gasteiger partial charge in [-0.05, 0) is 35.4 Å². The van der Waals surface area contributed by atoms with E-state index >= 15 is 0 Å². The Hall–Kier alpha value is -2.75. The number of halogens is 7. The summed E-state index contributed by atoms with van der Waals surface area (Å²) < 4.78 is 77.5. The molecule has 1 amide bonds. The molecule has 11 heteroatoms. The van der Waals surface area contributed by atoms with E-state index in [9.17, 15) is 41.0 Å². The molecular formula is C19H14ClF6NO3. The number of benzene rings is 2. The molecule has 0 spiro atoms. The van der Waals surface area contributed by atoms with Crippen LogP contribution >= 0.6 is 11.6 Å². The van der Waals surface area contributed by atoms with Crippen LogP contribution in [0.2, 0.25) is 5.02 Å². The van der Waals surface area contributed by atoms with Crippen molar-refractivity contribution in [3.8, 4) is 0 Å². The van der Waals surface area contributed by atoms with Gasteiger partial charge in [0.25, 0.3) is 0 Å². The Kier molecular flexibility index (Phi) is 7.02. The number of amides is 1. The molecule has 2 N–H and O–H groups in total. The minimum absolute atomic E-state index is 0.0567. The van der Waals surface area contributed by atoms with Crippen molar-refractivity contribution in [1.29, 1.82) is 0 Å². The third-order valence-corrected chi connectivity index (χ3v) is 4.40. The predicted octanol–water partition coefficient (Wildman–Crippen LogP) is 4.73. The van der Waals surface area contributed by atoms with Gasteiger partial charge in [0, 0.05) is 11.4 Å². The van der Waals surface area contributed by atoms with Gasteiger partial charge in [0.2, 0.25) is 5.91 Å². The van der Waals surface area contributed by atoms with Gasteiger partial charge in [0.15, 0.2) is 0 Å². The molecule has 0 radical (unpaired) electrons. The van der Waals surface area contributed by atoms with Crippen molar-refractivity contribution in [1.82, 2.24) is 5.32 Å². The van der Waals surface area contributed by atoms with Crippen LogP contribution in [0.15, 0.2) is 42.5 Å². The fourth-order valence-electron chi connectivity index (χ4n) is 2.64. The minimum atomic E-state index is -5.06. The molecule has 30 heavy (non-hydrogen) atoms. The summed E-state index contributed by atoms with van der Waals surface area (Å²) in [5.41, 5.74) is -3.29. The number of alkyl halides is 6. The third kappa shape index (κ3) is 6.38. The largest absolute Gasteiger partial charge is 0.480 e. The van der Waals surface area contributed by atoms with Crippen molar-refractivity contribution in [3.05, 3.63) is 69.7 Å². The van der Waals surface area contributed by atoms with E-state index < -0.39 is 53.4 Å². The van der Waals surface area contributed by atoms with Gasteiger partial charge in [0.05, 0.1) is 17.5 Å². The van der Waals surface area contributed by atoms with Crippen molar-refractivity contribution in [3.63, 3.8) is 0 Å². The van der Waals surface area contributed by atoms with Crippen LogP contribution in [-0.4, -0.2) is 23.0 Å². The number of carbonyl (C=O) groups excluding carboxylic acids is 1. The molecule has 1 atom stereocenters. The highest BCUT2D eigenvalue weighted by atomic mass is 35.5. The van der Waals surface area contributed by atoms with Gasteiger partial charge in [-0.15, -0.1) is 0 Å². The zero-order valence-electron chi connectivity index (χ0n) is 14.9. The maximum Gasteiger partial charge on any atom is 0.416 e. The Balaban J connectivity index is 2.23. The Morgan fingerprint density at radius 2 is 1.50 bits per heavy atom. The summed E-state index contributed by atoms with van der Waals surface area (Å²) in [5.74, 6) is -2.50. The van der Waals surface area contributed by atoms with Crippen molar-refractivity contribution in [2.24, 2.45) is 0 Å². The quantitative estimate of drug-likeness (QED) is 0.621. The smallest absolute Gasteiger partial charge is 0.416 e. The van der Waals surface area contributed by atoms with Gasteiger partial charge in [-0.2, -0.15) is 26.3 Å². The second kappa shape index (κ2) is 8.95. The summed E-state index contributed by atoms with van der Waals surface area (Å²) in [7, 11) is 0. The summed E-state index contributed by atoms with van der Waals surface area (Å²) in [6.07, 6.45) is -11.2. The molecule has 0 aliphatic heterocycles. The van der Waals surface area contributed by atoms with Gasteiger partial charge >= 0.3 is 18.3 Å². The van der Waals surface area contributed by atoms with E-state index in [0.29, 0.717) is 17.7 Å². The number of hydrogen-bond donors (Lipinski definition) is 2. The summed E-state index contributed by atoms with van der Waals surface area (Å²) in [6, 6.07) is 5.50. The van der Waals surface area contributed by atoms with E-state index in [1.165, 1.54) is 12.1 Å². The first-order valence-corrected chi connectivity index (χ1v) is 8.69. The summed E-state index contributed by atoms with van der Waals surface area (Å²) in [6.45, 7) is 0. The fraction of sp³-hybridized carbons (Fsp3) is 0.263. The number of carbonyl (C=O) groups is 2. The molecule has 0 saturated heterocycles. The Bertz CT molecular complexity index is 910. The molecule has 0 aliphatic carbocycles. The zero-order valence-corrected chi connectivity index (χ0v) is 15.7. The van der Waals surface area contributed by atoms with E-state index in [4.69, 9.17) is 11.6 Å². The fourth-order valence-corrected chi connectivity index (χ4v) is 2.85. The lowest BCUT2D eigenvalue weighted by molar-refractivity contribution is -0.143. The highest BCUT2D eigenvalue weighted by molar-refractivity contribution is 6.31. The van der Waals surface area contributed by atoms with Crippen molar-refractivity contribution in [2.75, 3.05) is 0 Å². The standard InChI is InChI=1S/C19H14ClF6NO3/c20-14-4-2-1-3-11(14)8-15(17(29)30)27-16(28)7-10-5-12(18(21,22)23)9-13(6-10)19(24,25)26/h1-6,9,15H,7-8H2,(H,27,28)(H,29,30)/t15-/m0/s1. The Morgan fingerprint density at radius 1 is 0.967 bits per heavy atom. The molecule has 2 aromatic carbocycles. The van der Waals surface area contributed by atoms with E-state index in [-0.39, 0.29) is 17.5 Å².